The van der Waals surface area contributed by atoms with Crippen LogP contribution < -0.4 is 14.4 Å². The van der Waals surface area contributed by atoms with Crippen molar-refractivity contribution in [3.8, 4) is 11.5 Å². The van der Waals surface area contributed by atoms with Crippen LogP contribution in [0, 0.1) is 0 Å². The second kappa shape index (κ2) is 8.41. The second-order valence-corrected chi connectivity index (χ2v) is 8.41. The van der Waals surface area contributed by atoms with Crippen LogP contribution in [0.1, 0.15) is 11.1 Å². The van der Waals surface area contributed by atoms with E-state index in [9.17, 15) is 4.79 Å². The summed E-state index contributed by atoms with van der Waals surface area (Å²) >= 11 is 7.57. The maximum absolute atomic E-state index is 13.2. The first-order chi connectivity index (χ1) is 15.2. The molecule has 5 nitrogen and oxygen atoms in total. The highest BCUT2D eigenvalue weighted by Crippen LogP contribution is 2.34. The number of carbonyl (C=O) groups excluding carboxylic acids is 1. The van der Waals surface area contributed by atoms with Gasteiger partial charge in [0.1, 0.15) is 0 Å². The first kappa shape index (κ1) is 19.6. The summed E-state index contributed by atoms with van der Waals surface area (Å²) in [5.74, 6) is 1.23. The molecule has 0 saturated heterocycles. The molecule has 0 bridgehead atoms. The van der Waals surface area contributed by atoms with Gasteiger partial charge >= 0.3 is 0 Å². The van der Waals surface area contributed by atoms with Crippen LogP contribution in [0.3, 0.4) is 0 Å². The molecule has 1 aromatic heterocycles. The van der Waals surface area contributed by atoms with Gasteiger partial charge in [-0.1, -0.05) is 59.3 Å². The van der Waals surface area contributed by atoms with Crippen molar-refractivity contribution in [2.45, 2.75) is 6.54 Å². The van der Waals surface area contributed by atoms with Crippen molar-refractivity contribution in [3.63, 3.8) is 0 Å². The number of carbonyl (C=O) groups is 1. The summed E-state index contributed by atoms with van der Waals surface area (Å²) in [4.78, 5) is 19.6. The van der Waals surface area contributed by atoms with Gasteiger partial charge in [0.05, 0.1) is 16.8 Å². The Bertz CT molecular complexity index is 1290. The quantitative estimate of drug-likeness (QED) is 0.355. The average molecular weight is 449 g/mol. The molecule has 31 heavy (non-hydrogen) atoms. The number of nitrogens with zero attached hydrogens (tertiary/aromatic N) is 2. The third kappa shape index (κ3) is 4.26. The van der Waals surface area contributed by atoms with Gasteiger partial charge in [0.25, 0.3) is 5.91 Å². The number of hydrogen-bond donors (Lipinski definition) is 0. The van der Waals surface area contributed by atoms with Crippen molar-refractivity contribution in [1.29, 1.82) is 0 Å². The van der Waals surface area contributed by atoms with Crippen LogP contribution in [-0.4, -0.2) is 17.7 Å². The predicted octanol–water partition coefficient (Wildman–Crippen LogP) is 5.93. The fourth-order valence-corrected chi connectivity index (χ4v) is 4.53. The van der Waals surface area contributed by atoms with E-state index in [0.717, 1.165) is 21.3 Å². The Morgan fingerprint density at radius 3 is 2.77 bits per heavy atom. The molecule has 4 aromatic rings. The Morgan fingerprint density at radius 1 is 1.06 bits per heavy atom. The Kier molecular flexibility index (Phi) is 5.32. The zero-order valence-corrected chi connectivity index (χ0v) is 17.9. The van der Waals surface area contributed by atoms with Crippen molar-refractivity contribution in [1.82, 2.24) is 4.98 Å². The molecule has 0 unspecified atom stereocenters. The molecule has 0 aliphatic carbocycles. The minimum atomic E-state index is -0.160. The van der Waals surface area contributed by atoms with E-state index in [1.807, 2.05) is 60.7 Å². The fourth-order valence-electron chi connectivity index (χ4n) is 3.28. The Labute approximate surface area is 188 Å². The lowest BCUT2D eigenvalue weighted by molar-refractivity contribution is -0.114. The van der Waals surface area contributed by atoms with Gasteiger partial charge in [-0.15, -0.1) is 0 Å². The van der Waals surface area contributed by atoms with Gasteiger partial charge in [-0.2, -0.15) is 0 Å². The predicted molar refractivity (Wildman–Crippen MR) is 124 cm³/mol. The molecule has 0 spiro atoms. The van der Waals surface area contributed by atoms with Crippen LogP contribution in [0.25, 0.3) is 16.3 Å². The summed E-state index contributed by atoms with van der Waals surface area (Å²) in [6.07, 6.45) is 3.33. The SMILES string of the molecule is O=C(/C=C/c1ccc2c(c1)OCO2)N(Cc1ccccc1)c1nc2ccc(Cl)cc2s1. The maximum Gasteiger partial charge on any atom is 0.253 e. The molecule has 0 saturated carbocycles. The molecule has 154 valence electrons. The molecule has 5 rings (SSSR count). The molecule has 1 aliphatic rings. The van der Waals surface area contributed by atoms with Gasteiger partial charge in [0, 0.05) is 11.1 Å². The van der Waals surface area contributed by atoms with Crippen LogP contribution >= 0.6 is 22.9 Å². The normalized spacial score (nSPS) is 12.5. The summed E-state index contributed by atoms with van der Waals surface area (Å²) in [6.45, 7) is 0.632. The fraction of sp³-hybridized carbons (Fsp3) is 0.0833. The third-order valence-electron chi connectivity index (χ3n) is 4.83. The average Bonchev–Trinajstić information content (AvgIpc) is 3.42. The van der Waals surface area contributed by atoms with Crippen LogP contribution in [0.4, 0.5) is 5.13 Å². The summed E-state index contributed by atoms with van der Waals surface area (Å²) in [5.41, 5.74) is 2.69. The largest absolute Gasteiger partial charge is 0.454 e. The number of hydrogen-bond acceptors (Lipinski definition) is 5. The van der Waals surface area contributed by atoms with Gasteiger partial charge < -0.3 is 9.47 Å². The summed E-state index contributed by atoms with van der Waals surface area (Å²) in [7, 11) is 0. The van der Waals surface area contributed by atoms with Gasteiger partial charge in [-0.05, 0) is 47.5 Å². The molecule has 1 aliphatic heterocycles. The minimum Gasteiger partial charge on any atom is -0.454 e. The molecule has 1 amide bonds. The summed E-state index contributed by atoms with van der Waals surface area (Å²) in [6, 6.07) is 21.0. The number of ether oxygens (including phenoxy) is 2. The van der Waals surface area contributed by atoms with Gasteiger partial charge in [-0.3, -0.25) is 9.69 Å². The van der Waals surface area contributed by atoms with Crippen LogP contribution in [-0.2, 0) is 11.3 Å². The Hall–Kier alpha value is -3.35. The highest BCUT2D eigenvalue weighted by Gasteiger charge is 2.19. The van der Waals surface area contributed by atoms with Crippen molar-refractivity contribution >= 4 is 50.3 Å². The van der Waals surface area contributed by atoms with E-state index in [1.165, 1.54) is 11.3 Å². The van der Waals surface area contributed by atoms with Crippen LogP contribution in [0.5, 0.6) is 11.5 Å². The van der Waals surface area contributed by atoms with E-state index in [-0.39, 0.29) is 12.7 Å². The van der Waals surface area contributed by atoms with Crippen molar-refractivity contribution < 1.29 is 14.3 Å². The van der Waals surface area contributed by atoms with Gasteiger partial charge in [0.15, 0.2) is 16.6 Å². The van der Waals surface area contributed by atoms with Gasteiger partial charge in [0.2, 0.25) is 6.79 Å². The monoisotopic (exact) mass is 448 g/mol. The zero-order chi connectivity index (χ0) is 21.2. The maximum atomic E-state index is 13.2. The molecular formula is C24H17ClN2O3S. The van der Waals surface area contributed by atoms with Crippen LogP contribution in [0.2, 0.25) is 5.02 Å². The van der Waals surface area contributed by atoms with E-state index in [2.05, 4.69) is 4.98 Å². The number of rotatable bonds is 5. The van der Waals surface area contributed by atoms with E-state index < -0.39 is 0 Å². The van der Waals surface area contributed by atoms with E-state index in [1.54, 1.807) is 23.1 Å². The van der Waals surface area contributed by atoms with Crippen molar-refractivity contribution in [3.05, 3.63) is 89.0 Å². The van der Waals surface area contributed by atoms with Gasteiger partial charge in [-0.25, -0.2) is 4.98 Å². The van der Waals surface area contributed by atoms with Crippen molar-refractivity contribution in [2.75, 3.05) is 11.7 Å². The summed E-state index contributed by atoms with van der Waals surface area (Å²) < 4.78 is 11.7. The van der Waals surface area contributed by atoms with E-state index in [4.69, 9.17) is 21.1 Å². The molecular weight excluding hydrogens is 432 g/mol. The number of aromatic nitrogens is 1. The molecule has 0 N–H and O–H groups in total. The van der Waals surface area contributed by atoms with Crippen LogP contribution in [0.15, 0.2) is 72.8 Å². The first-order valence-electron chi connectivity index (χ1n) is 9.65. The number of halogens is 1. The lowest BCUT2D eigenvalue weighted by atomic mass is 10.2. The van der Waals surface area contributed by atoms with E-state index in [0.29, 0.717) is 28.2 Å². The Balaban J connectivity index is 1.46. The number of thiazole rings is 1. The molecule has 0 atom stereocenters. The first-order valence-corrected chi connectivity index (χ1v) is 10.8. The number of amides is 1. The highest BCUT2D eigenvalue weighted by atomic mass is 35.5. The third-order valence-corrected chi connectivity index (χ3v) is 6.11. The standard InChI is InChI=1S/C24H17ClN2O3S/c25-18-8-9-19-22(13-18)31-24(26-19)27(14-17-4-2-1-3-5-17)23(28)11-7-16-6-10-20-21(12-16)30-15-29-20/h1-13H,14-15H2/b11-7+. The Morgan fingerprint density at radius 2 is 1.90 bits per heavy atom. The second-order valence-electron chi connectivity index (χ2n) is 6.96. The molecule has 2 heterocycles. The lowest BCUT2D eigenvalue weighted by Gasteiger charge is -2.18. The van der Waals surface area contributed by atoms with E-state index >= 15 is 0 Å². The topological polar surface area (TPSA) is 51.7 Å². The molecule has 3 aromatic carbocycles. The lowest BCUT2D eigenvalue weighted by Crippen LogP contribution is -2.28. The smallest absolute Gasteiger partial charge is 0.253 e. The number of benzene rings is 3. The highest BCUT2D eigenvalue weighted by molar-refractivity contribution is 7.22. The van der Waals surface area contributed by atoms with Crippen molar-refractivity contribution in [2.24, 2.45) is 0 Å². The molecule has 7 heteroatoms. The summed E-state index contributed by atoms with van der Waals surface area (Å²) in [5, 5.41) is 1.27. The number of anilines is 1. The zero-order valence-electron chi connectivity index (χ0n) is 16.3. The minimum absolute atomic E-state index is 0.160. The molecule has 0 fully saturated rings. The number of fused-ring (bicyclic) bond motifs is 2. The molecule has 0 radical (unpaired) electrons.